The summed E-state index contributed by atoms with van der Waals surface area (Å²) in [6.07, 6.45) is 2.31. The first-order chi connectivity index (χ1) is 16.0. The quantitative estimate of drug-likeness (QED) is 0.516. The van der Waals surface area contributed by atoms with Gasteiger partial charge < -0.3 is 20.4 Å². The Morgan fingerprint density at radius 3 is 2.91 bits per heavy atom. The first kappa shape index (κ1) is 22.9. The largest absolute Gasteiger partial charge is 0.367 e. The molecule has 9 heteroatoms. The number of H-pyrrole nitrogens is 1. The third kappa shape index (κ3) is 5.73. The van der Waals surface area contributed by atoms with Crippen LogP contribution in [0.4, 0.5) is 0 Å². The van der Waals surface area contributed by atoms with Crippen molar-refractivity contribution in [1.82, 2.24) is 20.6 Å². The van der Waals surface area contributed by atoms with E-state index < -0.39 is 12.1 Å². The average Bonchev–Trinajstić information content (AvgIpc) is 3.02. The van der Waals surface area contributed by atoms with Crippen molar-refractivity contribution in [2.24, 2.45) is 0 Å². The summed E-state index contributed by atoms with van der Waals surface area (Å²) in [5, 5.41) is 16.3. The smallest absolute Gasteiger partial charge is 0.251 e. The van der Waals surface area contributed by atoms with Gasteiger partial charge in [-0.1, -0.05) is 24.3 Å². The van der Waals surface area contributed by atoms with Gasteiger partial charge in [0.2, 0.25) is 5.56 Å². The number of nitrogens with one attached hydrogen (secondary N) is 3. The number of carbonyl (C=O) groups excluding carboxylic acids is 1. The molecule has 33 heavy (non-hydrogen) atoms. The van der Waals surface area contributed by atoms with Gasteiger partial charge in [0.05, 0.1) is 11.8 Å². The molecule has 1 amide bonds. The molecule has 8 nitrogen and oxygen atoms in total. The van der Waals surface area contributed by atoms with E-state index in [4.69, 9.17) is 9.72 Å². The van der Waals surface area contributed by atoms with Crippen LogP contribution in [0.1, 0.15) is 16.9 Å². The van der Waals surface area contributed by atoms with Crippen molar-refractivity contribution in [3.63, 3.8) is 0 Å². The van der Waals surface area contributed by atoms with Gasteiger partial charge in [0, 0.05) is 47.8 Å². The molecule has 0 bridgehead atoms. The molecule has 4 rings (SSSR count). The highest BCUT2D eigenvalue weighted by Gasteiger charge is 2.23. The molecule has 0 unspecified atom stereocenters. The molecule has 3 N–H and O–H groups in total. The Balaban J connectivity index is 1.43. The van der Waals surface area contributed by atoms with Crippen molar-refractivity contribution in [2.75, 3.05) is 19.7 Å². The number of nitrogens with zero attached hydrogens (tertiary/aromatic N) is 2. The van der Waals surface area contributed by atoms with Gasteiger partial charge in [0.1, 0.15) is 17.2 Å². The number of hydrogen-bond acceptors (Lipinski definition) is 7. The molecule has 0 spiro atoms. The molecule has 170 valence electrons. The molecule has 0 aliphatic carbocycles. The van der Waals surface area contributed by atoms with Crippen molar-refractivity contribution in [2.45, 2.75) is 31.9 Å². The minimum atomic E-state index is -0.639. The van der Waals surface area contributed by atoms with Crippen LogP contribution in [0.3, 0.4) is 0 Å². The van der Waals surface area contributed by atoms with Gasteiger partial charge in [-0.3, -0.25) is 9.59 Å². The van der Waals surface area contributed by atoms with E-state index in [1.807, 2.05) is 37.3 Å². The van der Waals surface area contributed by atoms with Crippen molar-refractivity contribution >= 4 is 17.2 Å². The van der Waals surface area contributed by atoms with Gasteiger partial charge >= 0.3 is 0 Å². The molecule has 1 fully saturated rings. The van der Waals surface area contributed by atoms with Crippen molar-refractivity contribution in [3.05, 3.63) is 63.4 Å². The zero-order valence-corrected chi connectivity index (χ0v) is 19.1. The summed E-state index contributed by atoms with van der Waals surface area (Å²) in [7, 11) is 0. The molecule has 2 atom stereocenters. The highest BCUT2D eigenvalue weighted by molar-refractivity contribution is 7.15. The van der Waals surface area contributed by atoms with Gasteiger partial charge in [-0.2, -0.15) is 5.26 Å². The van der Waals surface area contributed by atoms with E-state index in [0.717, 1.165) is 45.2 Å². The Morgan fingerprint density at radius 1 is 1.33 bits per heavy atom. The van der Waals surface area contributed by atoms with Crippen LogP contribution < -0.4 is 16.2 Å². The Kier molecular flexibility index (Phi) is 7.29. The summed E-state index contributed by atoms with van der Waals surface area (Å²) in [6, 6.07) is 12.7. The fourth-order valence-corrected chi connectivity index (χ4v) is 4.62. The molecular formula is C24H25N5O3S. The van der Waals surface area contributed by atoms with Gasteiger partial charge in [-0.05, 0) is 31.5 Å². The summed E-state index contributed by atoms with van der Waals surface area (Å²) >= 11 is 1.57. The summed E-state index contributed by atoms with van der Waals surface area (Å²) < 4.78 is 5.57. The second-order valence-electron chi connectivity index (χ2n) is 7.87. The zero-order chi connectivity index (χ0) is 23.2. The number of aromatic amines is 1. The molecule has 1 aromatic carbocycles. The molecule has 0 saturated carbocycles. The lowest BCUT2D eigenvalue weighted by molar-refractivity contribution is -0.132. The minimum absolute atomic E-state index is 0.160. The highest BCUT2D eigenvalue weighted by Crippen LogP contribution is 2.32. The number of amides is 1. The summed E-state index contributed by atoms with van der Waals surface area (Å²) in [5.41, 5.74) is 3.32. The maximum absolute atomic E-state index is 12.5. The van der Waals surface area contributed by atoms with Crippen LogP contribution in [0.2, 0.25) is 0 Å². The zero-order valence-electron chi connectivity index (χ0n) is 18.3. The Hall–Kier alpha value is -3.32. The van der Waals surface area contributed by atoms with Crippen LogP contribution in [0, 0.1) is 18.3 Å². The summed E-state index contributed by atoms with van der Waals surface area (Å²) in [5.74, 6) is -0.266. The number of hydrogen-bond donors (Lipinski definition) is 3. The first-order valence-electron chi connectivity index (χ1n) is 10.8. The number of carbonyl (C=O) groups is 1. The topological polar surface area (TPSA) is 120 Å². The second kappa shape index (κ2) is 10.5. The second-order valence-corrected chi connectivity index (χ2v) is 9.08. The van der Waals surface area contributed by atoms with Gasteiger partial charge in [0.25, 0.3) is 5.91 Å². The van der Waals surface area contributed by atoms with Crippen molar-refractivity contribution in [1.29, 1.82) is 5.26 Å². The highest BCUT2D eigenvalue weighted by atomic mass is 32.1. The van der Waals surface area contributed by atoms with Crippen LogP contribution in [0.15, 0.2) is 47.4 Å². The third-order valence-electron chi connectivity index (χ3n) is 5.40. The normalized spacial score (nSPS) is 17.0. The van der Waals surface area contributed by atoms with Crippen molar-refractivity contribution < 1.29 is 9.53 Å². The van der Waals surface area contributed by atoms with Crippen molar-refractivity contribution in [3.8, 4) is 27.9 Å². The molecule has 3 aromatic rings. The fraction of sp³-hybridized carbons (Fsp3) is 0.333. The summed E-state index contributed by atoms with van der Waals surface area (Å²) in [4.78, 5) is 32.5. The number of thiazole rings is 1. The lowest BCUT2D eigenvalue weighted by Crippen LogP contribution is -2.46. The standard InChI is InChI=1S/C24H25N5O3S/c1-15-22(18-7-9-27-21(30)12-18)29-24(33-15)17-5-3-16(4-6-17)11-19(13-25)28-23(31)20-14-26-8-2-10-32-20/h3-7,9,12,19-20,26H,2,8,10-11,14H2,1H3,(H,27,30)(H,28,31)/t19-,20-/m0/s1. The maximum atomic E-state index is 12.5. The van der Waals surface area contributed by atoms with Gasteiger partial charge in [0.15, 0.2) is 0 Å². The van der Waals surface area contributed by atoms with E-state index in [9.17, 15) is 14.9 Å². The monoisotopic (exact) mass is 463 g/mol. The summed E-state index contributed by atoms with van der Waals surface area (Å²) in [6.45, 7) is 3.79. The lowest BCUT2D eigenvalue weighted by Gasteiger charge is -2.18. The number of ether oxygens (including phenoxy) is 1. The number of aryl methyl sites for hydroxylation is 1. The van der Waals surface area contributed by atoms with E-state index in [2.05, 4.69) is 21.7 Å². The first-order valence-corrected chi connectivity index (χ1v) is 11.6. The van der Waals surface area contributed by atoms with E-state index >= 15 is 0 Å². The van der Waals surface area contributed by atoms with Crippen LogP contribution >= 0.6 is 11.3 Å². The third-order valence-corrected chi connectivity index (χ3v) is 6.42. The van der Waals surface area contributed by atoms with E-state index in [1.165, 1.54) is 0 Å². The number of benzene rings is 1. The minimum Gasteiger partial charge on any atom is -0.367 e. The number of nitriles is 1. The van der Waals surface area contributed by atoms with Crippen LogP contribution in [-0.2, 0) is 16.0 Å². The number of rotatable bonds is 6. The Labute approximate surface area is 195 Å². The lowest BCUT2D eigenvalue weighted by atomic mass is 10.0. The predicted octanol–water partition coefficient (Wildman–Crippen LogP) is 2.40. The van der Waals surface area contributed by atoms with Gasteiger partial charge in [-0.25, -0.2) is 4.98 Å². The fourth-order valence-electron chi connectivity index (χ4n) is 3.68. The predicted molar refractivity (Wildman–Crippen MR) is 127 cm³/mol. The molecule has 3 heterocycles. The van der Waals surface area contributed by atoms with E-state index in [0.29, 0.717) is 19.6 Å². The number of aromatic nitrogens is 2. The molecule has 1 aliphatic rings. The SMILES string of the molecule is Cc1sc(-c2ccc(C[C@@H](C#N)NC(=O)[C@@H]3CNCCCO3)cc2)nc1-c1cc[nH]c(=O)c1. The molecule has 0 radical (unpaired) electrons. The van der Waals surface area contributed by atoms with Gasteiger partial charge in [-0.15, -0.1) is 11.3 Å². The maximum Gasteiger partial charge on any atom is 0.251 e. The molecule has 1 saturated heterocycles. The average molecular weight is 464 g/mol. The number of pyridine rings is 1. The van der Waals surface area contributed by atoms with E-state index in [-0.39, 0.29) is 11.5 Å². The molecular weight excluding hydrogens is 438 g/mol. The Bertz CT molecular complexity index is 1200. The Morgan fingerprint density at radius 2 is 2.15 bits per heavy atom. The van der Waals surface area contributed by atoms with Crippen LogP contribution in [0.5, 0.6) is 0 Å². The van der Waals surface area contributed by atoms with Crippen LogP contribution in [-0.4, -0.2) is 47.7 Å². The molecule has 1 aliphatic heterocycles. The molecule has 2 aromatic heterocycles. The van der Waals surface area contributed by atoms with Crippen LogP contribution in [0.25, 0.3) is 21.8 Å². The van der Waals surface area contributed by atoms with E-state index in [1.54, 1.807) is 23.6 Å².